The third kappa shape index (κ3) is 4.61. The molecule has 1 aromatic carbocycles. The highest BCUT2D eigenvalue weighted by molar-refractivity contribution is 7.87. The molecule has 6 heteroatoms. The second-order valence-electron chi connectivity index (χ2n) is 3.84. The first kappa shape index (κ1) is 13.0. The molecule has 0 bridgehead atoms. The highest BCUT2D eigenvalue weighted by atomic mass is 32.2. The molecule has 0 unspecified atom stereocenters. The molecule has 0 aliphatic rings. The molecule has 90 valence electrons. The number of hydrogen-bond acceptors (Lipinski definition) is 3. The predicted octanol–water partition coefficient (Wildman–Crippen LogP) is 0.601. The summed E-state index contributed by atoms with van der Waals surface area (Å²) in [4.78, 5) is 0. The average Bonchev–Trinajstić information content (AvgIpc) is 2.15. The Morgan fingerprint density at radius 2 is 1.81 bits per heavy atom. The Morgan fingerprint density at radius 3 is 2.31 bits per heavy atom. The molecule has 5 nitrogen and oxygen atoms in total. The Kier molecular flexibility index (Phi) is 4.28. The van der Waals surface area contributed by atoms with E-state index in [4.69, 9.17) is 5.73 Å². The Bertz CT molecular complexity index is 426. The number of nitrogens with two attached hydrogens (primary N) is 1. The zero-order valence-electron chi connectivity index (χ0n) is 9.40. The number of anilines is 1. The first-order valence-electron chi connectivity index (χ1n) is 5.00. The van der Waals surface area contributed by atoms with Crippen LogP contribution in [0, 0.1) is 0 Å². The van der Waals surface area contributed by atoms with E-state index in [1.165, 1.54) is 0 Å². The van der Waals surface area contributed by atoms with Crippen molar-refractivity contribution in [3.8, 4) is 0 Å². The Labute approximate surface area is 96.2 Å². The van der Waals surface area contributed by atoms with Crippen molar-refractivity contribution in [1.29, 1.82) is 0 Å². The van der Waals surface area contributed by atoms with Gasteiger partial charge in [-0.2, -0.15) is 17.9 Å². The molecule has 0 aliphatic carbocycles. The number of nitrogen functional groups attached to an aromatic ring is 1. The molecule has 0 saturated heterocycles. The second-order valence-corrected chi connectivity index (χ2v) is 5.37. The molecule has 0 aromatic heterocycles. The topological polar surface area (TPSA) is 84.2 Å². The van der Waals surface area contributed by atoms with Gasteiger partial charge in [0.05, 0.1) is 0 Å². The molecule has 0 atom stereocenters. The molecular weight excluding hydrogens is 226 g/mol. The number of nitrogens with one attached hydrogen (secondary N) is 2. The maximum atomic E-state index is 11.4. The van der Waals surface area contributed by atoms with Crippen LogP contribution in [0.3, 0.4) is 0 Å². The fourth-order valence-corrected chi connectivity index (χ4v) is 2.23. The summed E-state index contributed by atoms with van der Waals surface area (Å²) in [5.41, 5.74) is 7.05. The van der Waals surface area contributed by atoms with Crippen molar-refractivity contribution in [2.75, 3.05) is 5.73 Å². The summed E-state index contributed by atoms with van der Waals surface area (Å²) in [5.74, 6) is 0. The summed E-state index contributed by atoms with van der Waals surface area (Å²) in [6, 6.07) is 6.92. The van der Waals surface area contributed by atoms with Gasteiger partial charge in [-0.05, 0) is 31.5 Å². The lowest BCUT2D eigenvalue weighted by Gasteiger charge is -2.10. The minimum atomic E-state index is -3.42. The van der Waals surface area contributed by atoms with Crippen LogP contribution in [0.15, 0.2) is 24.3 Å². The summed E-state index contributed by atoms with van der Waals surface area (Å²) in [6.45, 7) is 3.78. The molecule has 0 saturated carbocycles. The predicted molar refractivity (Wildman–Crippen MR) is 64.9 cm³/mol. The molecule has 0 spiro atoms. The van der Waals surface area contributed by atoms with Crippen molar-refractivity contribution < 1.29 is 8.42 Å². The highest BCUT2D eigenvalue weighted by Gasteiger charge is 2.10. The molecule has 0 heterocycles. The molecule has 1 aromatic rings. The van der Waals surface area contributed by atoms with Gasteiger partial charge in [0.1, 0.15) is 0 Å². The van der Waals surface area contributed by atoms with Crippen molar-refractivity contribution in [3.05, 3.63) is 29.8 Å². The Balaban J connectivity index is 2.54. The van der Waals surface area contributed by atoms with Crippen LogP contribution in [0.4, 0.5) is 5.69 Å². The Hall–Kier alpha value is -1.11. The van der Waals surface area contributed by atoms with E-state index in [0.717, 1.165) is 5.56 Å². The first-order chi connectivity index (χ1) is 7.39. The van der Waals surface area contributed by atoms with Gasteiger partial charge in [0.15, 0.2) is 0 Å². The minimum Gasteiger partial charge on any atom is -0.399 e. The lowest BCUT2D eigenvalue weighted by molar-refractivity contribution is 0.554. The van der Waals surface area contributed by atoms with E-state index in [0.29, 0.717) is 5.69 Å². The summed E-state index contributed by atoms with van der Waals surface area (Å²) < 4.78 is 27.8. The van der Waals surface area contributed by atoms with Crippen molar-refractivity contribution in [3.63, 3.8) is 0 Å². The quantitative estimate of drug-likeness (QED) is 0.662. The van der Waals surface area contributed by atoms with Crippen molar-refractivity contribution >= 4 is 15.9 Å². The first-order valence-corrected chi connectivity index (χ1v) is 6.49. The van der Waals surface area contributed by atoms with E-state index in [-0.39, 0.29) is 12.6 Å². The molecule has 4 N–H and O–H groups in total. The molecule has 1 rings (SSSR count). The molecule has 0 radical (unpaired) electrons. The summed E-state index contributed by atoms with van der Waals surface area (Å²) in [6.07, 6.45) is 0. The van der Waals surface area contributed by atoms with Gasteiger partial charge in [-0.15, -0.1) is 0 Å². The van der Waals surface area contributed by atoms with Crippen molar-refractivity contribution in [2.24, 2.45) is 0 Å². The largest absolute Gasteiger partial charge is 0.399 e. The van der Waals surface area contributed by atoms with E-state index < -0.39 is 10.2 Å². The van der Waals surface area contributed by atoms with E-state index in [1.807, 2.05) is 0 Å². The van der Waals surface area contributed by atoms with Crippen LogP contribution < -0.4 is 15.2 Å². The number of hydrogen-bond donors (Lipinski definition) is 3. The van der Waals surface area contributed by atoms with Crippen LogP contribution in [0.25, 0.3) is 0 Å². The smallest absolute Gasteiger partial charge is 0.277 e. The zero-order valence-corrected chi connectivity index (χ0v) is 10.2. The van der Waals surface area contributed by atoms with Gasteiger partial charge < -0.3 is 5.73 Å². The van der Waals surface area contributed by atoms with Gasteiger partial charge in [-0.1, -0.05) is 12.1 Å². The van der Waals surface area contributed by atoms with Crippen LogP contribution in [0.1, 0.15) is 19.4 Å². The standard InChI is InChI=1S/C10H17N3O2S/c1-8(2)13-16(14,15)12-7-9-3-5-10(11)6-4-9/h3-6,8,12-13H,7,11H2,1-2H3. The van der Waals surface area contributed by atoms with Gasteiger partial charge >= 0.3 is 0 Å². The lowest BCUT2D eigenvalue weighted by atomic mass is 10.2. The van der Waals surface area contributed by atoms with Gasteiger partial charge in [0.2, 0.25) is 0 Å². The number of benzene rings is 1. The van der Waals surface area contributed by atoms with Crippen LogP contribution in [-0.2, 0) is 16.8 Å². The molecule has 0 fully saturated rings. The monoisotopic (exact) mass is 243 g/mol. The summed E-state index contributed by atoms with van der Waals surface area (Å²) in [5, 5.41) is 0. The fourth-order valence-electron chi connectivity index (χ4n) is 1.17. The third-order valence-electron chi connectivity index (χ3n) is 1.84. The van der Waals surface area contributed by atoms with E-state index in [9.17, 15) is 8.42 Å². The fraction of sp³-hybridized carbons (Fsp3) is 0.400. The summed E-state index contributed by atoms with van der Waals surface area (Å²) in [7, 11) is -3.42. The maximum absolute atomic E-state index is 11.4. The molecular formula is C10H17N3O2S. The zero-order chi connectivity index (χ0) is 12.2. The average molecular weight is 243 g/mol. The number of rotatable bonds is 5. The molecule has 16 heavy (non-hydrogen) atoms. The molecule has 0 amide bonds. The van der Waals surface area contributed by atoms with Crippen LogP contribution in [0.5, 0.6) is 0 Å². The Morgan fingerprint density at radius 1 is 1.25 bits per heavy atom. The van der Waals surface area contributed by atoms with E-state index >= 15 is 0 Å². The van der Waals surface area contributed by atoms with Crippen LogP contribution in [-0.4, -0.2) is 14.5 Å². The second kappa shape index (κ2) is 5.29. The summed E-state index contributed by atoms with van der Waals surface area (Å²) >= 11 is 0. The van der Waals surface area contributed by atoms with Crippen molar-refractivity contribution in [2.45, 2.75) is 26.4 Å². The van der Waals surface area contributed by atoms with E-state index in [1.54, 1.807) is 38.1 Å². The van der Waals surface area contributed by atoms with Crippen LogP contribution in [0.2, 0.25) is 0 Å². The maximum Gasteiger partial charge on any atom is 0.277 e. The third-order valence-corrected chi connectivity index (χ3v) is 3.14. The normalized spacial score (nSPS) is 11.9. The van der Waals surface area contributed by atoms with Gasteiger partial charge in [0, 0.05) is 18.3 Å². The van der Waals surface area contributed by atoms with Gasteiger partial charge in [-0.25, -0.2) is 0 Å². The van der Waals surface area contributed by atoms with E-state index in [2.05, 4.69) is 9.44 Å². The SMILES string of the molecule is CC(C)NS(=O)(=O)NCc1ccc(N)cc1. The van der Waals surface area contributed by atoms with Crippen molar-refractivity contribution in [1.82, 2.24) is 9.44 Å². The minimum absolute atomic E-state index is 0.121. The van der Waals surface area contributed by atoms with Gasteiger partial charge in [0.25, 0.3) is 10.2 Å². The van der Waals surface area contributed by atoms with Crippen LogP contribution >= 0.6 is 0 Å². The molecule has 0 aliphatic heterocycles. The highest BCUT2D eigenvalue weighted by Crippen LogP contribution is 2.05. The van der Waals surface area contributed by atoms with Gasteiger partial charge in [-0.3, -0.25) is 0 Å². The lowest BCUT2D eigenvalue weighted by Crippen LogP contribution is -2.39.